The van der Waals surface area contributed by atoms with Gasteiger partial charge in [-0.15, -0.1) is 22.7 Å². The van der Waals surface area contributed by atoms with Crippen molar-refractivity contribution >= 4 is 107 Å². The molecule has 5 aromatic heterocycles. The molecule has 0 atom stereocenters. The molecule has 5 heterocycles. The summed E-state index contributed by atoms with van der Waals surface area (Å²) in [6.45, 7) is 0. The second kappa shape index (κ2) is 17.0. The fourth-order valence-electron chi connectivity index (χ4n) is 11.7. The molecule has 5 nitrogen and oxygen atoms in total. The van der Waals surface area contributed by atoms with E-state index in [4.69, 9.17) is 15.0 Å². The van der Waals surface area contributed by atoms with Crippen LogP contribution in [0.2, 0.25) is 0 Å². The highest BCUT2D eigenvalue weighted by atomic mass is 32.1. The SMILES string of the molecule is c1ccc(-c2nc(-c3ccccc3)nc(-c3cc(-c4cccc5c4sc4cc6c7ccccc7n(-c7ccccc7)c6cc45)ccc3-c3cccc4c3sc3cc5c6ccccc6n(-c6ccccc6)c5cc34)n2)cc1. The van der Waals surface area contributed by atoms with E-state index in [9.17, 15) is 0 Å². The Morgan fingerprint density at radius 1 is 0.250 bits per heavy atom. The van der Waals surface area contributed by atoms with Crippen molar-refractivity contribution < 1.29 is 0 Å². The summed E-state index contributed by atoms with van der Waals surface area (Å²) >= 11 is 3.73. The van der Waals surface area contributed by atoms with Crippen molar-refractivity contribution in [3.63, 3.8) is 0 Å². The number of fused-ring (bicyclic) bond motifs is 12. The van der Waals surface area contributed by atoms with Crippen molar-refractivity contribution in [2.45, 2.75) is 0 Å². The first kappa shape index (κ1) is 42.9. The van der Waals surface area contributed by atoms with Gasteiger partial charge in [-0.1, -0.05) is 182 Å². The minimum absolute atomic E-state index is 0.622. The van der Waals surface area contributed by atoms with E-state index < -0.39 is 0 Å². The van der Waals surface area contributed by atoms with Crippen LogP contribution in [0.25, 0.3) is 152 Å². The average Bonchev–Trinajstić information content (AvgIpc) is 4.32. The van der Waals surface area contributed by atoms with E-state index in [1.165, 1.54) is 89.5 Å². The van der Waals surface area contributed by atoms with Crippen LogP contribution in [0.3, 0.4) is 0 Å². The van der Waals surface area contributed by atoms with E-state index in [2.05, 4.69) is 221 Å². The Morgan fingerprint density at radius 3 is 1.21 bits per heavy atom. The van der Waals surface area contributed by atoms with Crippen molar-refractivity contribution in [1.29, 1.82) is 0 Å². The minimum Gasteiger partial charge on any atom is -0.309 e. The Morgan fingerprint density at radius 2 is 0.684 bits per heavy atom. The smallest absolute Gasteiger partial charge is 0.164 e. The van der Waals surface area contributed by atoms with Gasteiger partial charge in [0.25, 0.3) is 0 Å². The fraction of sp³-hybridized carbons (Fsp3) is 0. The number of aromatic nitrogens is 5. The fourth-order valence-corrected chi connectivity index (χ4v) is 14.2. The number of nitrogens with zero attached hydrogens (tertiary/aromatic N) is 5. The van der Waals surface area contributed by atoms with Crippen LogP contribution in [-0.4, -0.2) is 24.1 Å². The Labute approximate surface area is 444 Å². The Hall–Kier alpha value is -9.53. The normalized spacial score (nSPS) is 11.9. The van der Waals surface area contributed by atoms with E-state index in [1.54, 1.807) is 0 Å². The molecule has 0 saturated carbocycles. The summed E-state index contributed by atoms with van der Waals surface area (Å²) < 4.78 is 9.80. The molecule has 0 N–H and O–H groups in total. The molecule has 0 aliphatic rings. The lowest BCUT2D eigenvalue weighted by atomic mass is 9.93. The van der Waals surface area contributed by atoms with Crippen LogP contribution in [0.15, 0.2) is 249 Å². The zero-order valence-electron chi connectivity index (χ0n) is 40.7. The zero-order chi connectivity index (χ0) is 49.8. The van der Waals surface area contributed by atoms with Crippen LogP contribution in [0.5, 0.6) is 0 Å². The number of thiophene rings is 2. The van der Waals surface area contributed by atoms with Gasteiger partial charge in [-0.25, -0.2) is 15.0 Å². The van der Waals surface area contributed by atoms with Gasteiger partial charge >= 0.3 is 0 Å². The molecule has 0 unspecified atom stereocenters. The second-order valence-electron chi connectivity index (χ2n) is 19.5. The third-order valence-corrected chi connectivity index (χ3v) is 17.6. The Bertz CT molecular complexity index is 4920. The third kappa shape index (κ3) is 6.66. The van der Waals surface area contributed by atoms with E-state index in [0.29, 0.717) is 17.5 Å². The second-order valence-corrected chi connectivity index (χ2v) is 21.6. The molecule has 0 radical (unpaired) electrons. The lowest BCUT2D eigenvalue weighted by molar-refractivity contribution is 1.07. The number of benzene rings is 11. The van der Waals surface area contributed by atoms with E-state index in [-0.39, 0.29) is 0 Å². The molecule has 0 saturated heterocycles. The van der Waals surface area contributed by atoms with Gasteiger partial charge in [0.15, 0.2) is 17.5 Å². The van der Waals surface area contributed by atoms with Crippen molar-refractivity contribution in [1.82, 2.24) is 24.1 Å². The van der Waals surface area contributed by atoms with Crippen LogP contribution in [-0.2, 0) is 0 Å². The summed E-state index contributed by atoms with van der Waals surface area (Å²) in [5, 5.41) is 9.95. The molecule has 0 amide bonds. The van der Waals surface area contributed by atoms with E-state index in [0.717, 1.165) is 44.8 Å². The highest BCUT2D eigenvalue weighted by Crippen LogP contribution is 2.48. The summed E-state index contributed by atoms with van der Waals surface area (Å²) in [7, 11) is 0. The van der Waals surface area contributed by atoms with Crippen molar-refractivity contribution in [3.05, 3.63) is 249 Å². The number of rotatable bonds is 7. The van der Waals surface area contributed by atoms with Crippen LogP contribution in [0.4, 0.5) is 0 Å². The van der Waals surface area contributed by atoms with Gasteiger partial charge in [0.1, 0.15) is 0 Å². The molecule has 0 spiro atoms. The largest absolute Gasteiger partial charge is 0.309 e. The molecule has 0 aliphatic carbocycles. The molecule has 354 valence electrons. The van der Waals surface area contributed by atoms with Gasteiger partial charge in [-0.3, -0.25) is 0 Å². The molecule has 0 aliphatic heterocycles. The quantitative estimate of drug-likeness (QED) is 0.160. The van der Waals surface area contributed by atoms with Crippen LogP contribution < -0.4 is 0 Å². The highest BCUT2D eigenvalue weighted by Gasteiger charge is 2.23. The van der Waals surface area contributed by atoms with E-state index >= 15 is 0 Å². The van der Waals surface area contributed by atoms with Crippen LogP contribution >= 0.6 is 22.7 Å². The van der Waals surface area contributed by atoms with Crippen LogP contribution in [0.1, 0.15) is 0 Å². The lowest BCUT2D eigenvalue weighted by Crippen LogP contribution is -2.01. The Kier molecular flexibility index (Phi) is 9.61. The van der Waals surface area contributed by atoms with Crippen molar-refractivity contribution in [3.8, 4) is 67.8 Å². The predicted molar refractivity (Wildman–Crippen MR) is 321 cm³/mol. The molecular formula is C69H41N5S2. The summed E-state index contributed by atoms with van der Waals surface area (Å²) in [6.07, 6.45) is 0. The first-order chi connectivity index (χ1) is 37.7. The maximum absolute atomic E-state index is 5.40. The third-order valence-electron chi connectivity index (χ3n) is 15.2. The first-order valence-electron chi connectivity index (χ1n) is 25.6. The first-order valence-corrected chi connectivity index (χ1v) is 27.2. The molecule has 0 fully saturated rings. The molecular weight excluding hydrogens is 963 g/mol. The van der Waals surface area contributed by atoms with Gasteiger partial charge in [0, 0.05) is 95.5 Å². The predicted octanol–water partition coefficient (Wildman–Crippen LogP) is 19.1. The summed E-state index contributed by atoms with van der Waals surface area (Å²) in [5.74, 6) is 1.88. The van der Waals surface area contributed by atoms with Gasteiger partial charge in [0.05, 0.1) is 22.1 Å². The monoisotopic (exact) mass is 1000 g/mol. The van der Waals surface area contributed by atoms with Gasteiger partial charge in [0.2, 0.25) is 0 Å². The zero-order valence-corrected chi connectivity index (χ0v) is 42.4. The van der Waals surface area contributed by atoms with Gasteiger partial charge in [-0.2, -0.15) is 0 Å². The van der Waals surface area contributed by atoms with Crippen LogP contribution in [0, 0.1) is 0 Å². The maximum Gasteiger partial charge on any atom is 0.164 e. The maximum atomic E-state index is 5.40. The van der Waals surface area contributed by atoms with E-state index in [1.807, 2.05) is 59.1 Å². The number of para-hydroxylation sites is 4. The standard InChI is InChI=1S/C69H41N5S2/c1-5-19-42(20-6-1)67-70-68(43-21-7-2-8-22-43)72-69(71-67)58-37-44(47-29-17-31-52-56-38-61-54(40-63(56)75-65(47)52)49-27-13-15-33-59(49)73(61)45-23-9-3-10-24-45)35-36-48(58)51-30-18-32-53-57-39-62-55(41-64(57)76-66(51)53)50-28-14-16-34-60(50)74(62)46-25-11-4-12-26-46/h1-41H. The van der Waals surface area contributed by atoms with Gasteiger partial charge in [-0.05, 0) is 83.4 Å². The lowest BCUT2D eigenvalue weighted by Gasteiger charge is -2.15. The van der Waals surface area contributed by atoms with Crippen molar-refractivity contribution in [2.24, 2.45) is 0 Å². The number of hydrogen-bond acceptors (Lipinski definition) is 5. The summed E-state index contributed by atoms with van der Waals surface area (Å²) in [6, 6.07) is 89.6. The highest BCUT2D eigenvalue weighted by molar-refractivity contribution is 7.26. The molecule has 0 bridgehead atoms. The molecule has 76 heavy (non-hydrogen) atoms. The summed E-state index contributed by atoms with van der Waals surface area (Å²) in [4.78, 5) is 15.9. The van der Waals surface area contributed by atoms with Crippen molar-refractivity contribution in [2.75, 3.05) is 0 Å². The molecule has 11 aromatic carbocycles. The average molecular weight is 1000 g/mol. The van der Waals surface area contributed by atoms with Gasteiger partial charge < -0.3 is 9.13 Å². The molecule has 7 heteroatoms. The molecule has 16 rings (SSSR count). The minimum atomic E-state index is 0.622. The molecule has 16 aromatic rings. The topological polar surface area (TPSA) is 48.5 Å². The summed E-state index contributed by atoms with van der Waals surface area (Å²) in [5.41, 5.74) is 14.4. The Balaban J connectivity index is 0.936. The number of hydrogen-bond donors (Lipinski definition) is 0.